The molecular formula is C9H21NO3S. The SMILES string of the molecule is CCS(=O)(=O)N(CCCO)C(C)(C)C. The number of aliphatic hydroxyl groups is 1. The molecule has 0 bridgehead atoms. The Bertz CT molecular complexity index is 254. The summed E-state index contributed by atoms with van der Waals surface area (Å²) in [5.41, 5.74) is -0.413. The Morgan fingerprint density at radius 1 is 1.29 bits per heavy atom. The number of sulfonamides is 1. The van der Waals surface area contributed by atoms with Gasteiger partial charge in [0, 0.05) is 18.7 Å². The maximum atomic E-state index is 11.7. The summed E-state index contributed by atoms with van der Waals surface area (Å²) in [4.78, 5) is 0. The van der Waals surface area contributed by atoms with Crippen molar-refractivity contribution in [1.29, 1.82) is 0 Å². The van der Waals surface area contributed by atoms with Crippen molar-refractivity contribution in [3.05, 3.63) is 0 Å². The van der Waals surface area contributed by atoms with Crippen LogP contribution in [0.2, 0.25) is 0 Å². The minimum atomic E-state index is -3.17. The van der Waals surface area contributed by atoms with E-state index in [-0.39, 0.29) is 12.4 Å². The topological polar surface area (TPSA) is 57.6 Å². The summed E-state index contributed by atoms with van der Waals surface area (Å²) in [6.45, 7) is 7.61. The Kier molecular flexibility index (Phi) is 5.05. The van der Waals surface area contributed by atoms with E-state index < -0.39 is 15.6 Å². The fourth-order valence-corrected chi connectivity index (χ4v) is 2.82. The van der Waals surface area contributed by atoms with Crippen LogP contribution in [0.1, 0.15) is 34.1 Å². The van der Waals surface area contributed by atoms with Gasteiger partial charge in [-0.1, -0.05) is 0 Å². The molecule has 0 radical (unpaired) electrons. The van der Waals surface area contributed by atoms with E-state index in [9.17, 15) is 8.42 Å². The molecule has 0 aliphatic rings. The zero-order chi connectivity index (χ0) is 11.4. The van der Waals surface area contributed by atoms with Crippen molar-refractivity contribution in [2.45, 2.75) is 39.7 Å². The molecule has 0 saturated heterocycles. The average Bonchev–Trinajstić information content (AvgIpc) is 2.02. The standard InChI is InChI=1S/C9H21NO3S/c1-5-14(12,13)10(7-6-8-11)9(2,3)4/h11H,5-8H2,1-4H3. The van der Waals surface area contributed by atoms with E-state index in [4.69, 9.17) is 5.11 Å². The Morgan fingerprint density at radius 3 is 2.07 bits per heavy atom. The molecule has 0 atom stereocenters. The number of aliphatic hydroxyl groups excluding tert-OH is 1. The van der Waals surface area contributed by atoms with Crippen LogP contribution in [0.3, 0.4) is 0 Å². The molecule has 5 heteroatoms. The van der Waals surface area contributed by atoms with E-state index in [2.05, 4.69) is 0 Å². The van der Waals surface area contributed by atoms with Crippen molar-refractivity contribution in [3.63, 3.8) is 0 Å². The molecule has 14 heavy (non-hydrogen) atoms. The molecule has 0 aromatic heterocycles. The van der Waals surface area contributed by atoms with Gasteiger partial charge < -0.3 is 5.11 Å². The molecule has 86 valence electrons. The molecule has 0 unspecified atom stereocenters. The monoisotopic (exact) mass is 223 g/mol. The lowest BCUT2D eigenvalue weighted by atomic mass is 10.1. The van der Waals surface area contributed by atoms with E-state index >= 15 is 0 Å². The number of rotatable bonds is 5. The largest absolute Gasteiger partial charge is 0.396 e. The molecular weight excluding hydrogens is 202 g/mol. The molecule has 1 N–H and O–H groups in total. The van der Waals surface area contributed by atoms with Gasteiger partial charge in [0.1, 0.15) is 0 Å². The summed E-state index contributed by atoms with van der Waals surface area (Å²) < 4.78 is 24.8. The minimum Gasteiger partial charge on any atom is -0.396 e. The summed E-state index contributed by atoms with van der Waals surface area (Å²) in [5.74, 6) is 0.107. The third-order valence-electron chi connectivity index (χ3n) is 1.97. The third-order valence-corrected chi connectivity index (χ3v) is 4.10. The molecule has 0 aromatic rings. The van der Waals surface area contributed by atoms with Crippen LogP contribution in [0.5, 0.6) is 0 Å². The molecule has 0 aliphatic heterocycles. The van der Waals surface area contributed by atoms with Crippen LogP contribution < -0.4 is 0 Å². The van der Waals surface area contributed by atoms with Crippen molar-refractivity contribution in [3.8, 4) is 0 Å². The van der Waals surface area contributed by atoms with E-state index in [1.165, 1.54) is 4.31 Å². The molecule has 0 heterocycles. The van der Waals surface area contributed by atoms with Crippen molar-refractivity contribution in [2.24, 2.45) is 0 Å². The molecule has 4 nitrogen and oxygen atoms in total. The first-order chi connectivity index (χ1) is 6.25. The number of nitrogens with zero attached hydrogens (tertiary/aromatic N) is 1. The molecule has 0 aromatic carbocycles. The van der Waals surface area contributed by atoms with Crippen LogP contribution in [0.4, 0.5) is 0 Å². The van der Waals surface area contributed by atoms with Gasteiger partial charge in [-0.2, -0.15) is 4.31 Å². The Hall–Kier alpha value is -0.130. The first kappa shape index (κ1) is 13.9. The zero-order valence-electron chi connectivity index (χ0n) is 9.45. The minimum absolute atomic E-state index is 0.0197. The predicted molar refractivity (Wildman–Crippen MR) is 57.6 cm³/mol. The van der Waals surface area contributed by atoms with Gasteiger partial charge in [-0.05, 0) is 34.1 Å². The van der Waals surface area contributed by atoms with Crippen molar-refractivity contribution >= 4 is 10.0 Å². The zero-order valence-corrected chi connectivity index (χ0v) is 10.3. The molecule has 0 fully saturated rings. The predicted octanol–water partition coefficient (Wildman–Crippen LogP) is 0.819. The average molecular weight is 223 g/mol. The van der Waals surface area contributed by atoms with Crippen molar-refractivity contribution in [2.75, 3.05) is 18.9 Å². The first-order valence-corrected chi connectivity index (χ1v) is 6.48. The Morgan fingerprint density at radius 2 is 1.79 bits per heavy atom. The van der Waals surface area contributed by atoms with E-state index in [1.54, 1.807) is 6.92 Å². The van der Waals surface area contributed by atoms with Crippen LogP contribution in [-0.4, -0.2) is 42.3 Å². The number of hydrogen-bond donors (Lipinski definition) is 1. The van der Waals surface area contributed by atoms with E-state index in [1.807, 2.05) is 20.8 Å². The van der Waals surface area contributed by atoms with Gasteiger partial charge in [0.25, 0.3) is 0 Å². The van der Waals surface area contributed by atoms with Gasteiger partial charge in [-0.3, -0.25) is 0 Å². The highest BCUT2D eigenvalue weighted by molar-refractivity contribution is 7.89. The van der Waals surface area contributed by atoms with Crippen LogP contribution in [0.25, 0.3) is 0 Å². The maximum Gasteiger partial charge on any atom is 0.214 e. The Balaban J connectivity index is 4.75. The normalized spacial score (nSPS) is 13.6. The van der Waals surface area contributed by atoms with Crippen molar-refractivity contribution in [1.82, 2.24) is 4.31 Å². The molecule has 0 amide bonds. The quantitative estimate of drug-likeness (QED) is 0.750. The van der Waals surface area contributed by atoms with E-state index in [0.717, 1.165) is 0 Å². The highest BCUT2D eigenvalue weighted by Crippen LogP contribution is 2.18. The lowest BCUT2D eigenvalue weighted by Gasteiger charge is -2.34. The molecule has 0 rings (SSSR count). The summed E-state index contributed by atoms with van der Waals surface area (Å²) in [6, 6.07) is 0. The summed E-state index contributed by atoms with van der Waals surface area (Å²) in [6.07, 6.45) is 0.483. The lowest BCUT2D eigenvalue weighted by molar-refractivity contribution is 0.216. The fraction of sp³-hybridized carbons (Fsp3) is 1.00. The number of hydrogen-bond acceptors (Lipinski definition) is 3. The van der Waals surface area contributed by atoms with Crippen LogP contribution in [-0.2, 0) is 10.0 Å². The van der Waals surface area contributed by atoms with Crippen molar-refractivity contribution < 1.29 is 13.5 Å². The second-order valence-electron chi connectivity index (χ2n) is 4.22. The summed E-state index contributed by atoms with van der Waals surface area (Å²) >= 11 is 0. The molecule has 0 aliphatic carbocycles. The second kappa shape index (κ2) is 5.09. The highest BCUT2D eigenvalue weighted by Gasteiger charge is 2.30. The van der Waals surface area contributed by atoms with Crippen LogP contribution in [0, 0.1) is 0 Å². The highest BCUT2D eigenvalue weighted by atomic mass is 32.2. The second-order valence-corrected chi connectivity index (χ2v) is 6.40. The summed E-state index contributed by atoms with van der Waals surface area (Å²) in [7, 11) is -3.17. The smallest absolute Gasteiger partial charge is 0.214 e. The fourth-order valence-electron chi connectivity index (χ4n) is 1.26. The lowest BCUT2D eigenvalue weighted by Crippen LogP contribution is -2.46. The van der Waals surface area contributed by atoms with Gasteiger partial charge in [-0.25, -0.2) is 8.42 Å². The Labute approximate surface area is 87.0 Å². The van der Waals surface area contributed by atoms with Crippen LogP contribution >= 0.6 is 0 Å². The van der Waals surface area contributed by atoms with Gasteiger partial charge in [0.15, 0.2) is 0 Å². The van der Waals surface area contributed by atoms with Gasteiger partial charge in [0.05, 0.1) is 5.75 Å². The maximum absolute atomic E-state index is 11.7. The third kappa shape index (κ3) is 3.94. The summed E-state index contributed by atoms with van der Waals surface area (Å²) in [5, 5.41) is 8.70. The molecule has 0 spiro atoms. The van der Waals surface area contributed by atoms with Gasteiger partial charge in [0.2, 0.25) is 10.0 Å². The van der Waals surface area contributed by atoms with Gasteiger partial charge in [-0.15, -0.1) is 0 Å². The first-order valence-electron chi connectivity index (χ1n) is 4.87. The van der Waals surface area contributed by atoms with Gasteiger partial charge >= 0.3 is 0 Å². The van der Waals surface area contributed by atoms with Crippen LogP contribution in [0.15, 0.2) is 0 Å². The molecule has 0 saturated carbocycles. The van der Waals surface area contributed by atoms with E-state index in [0.29, 0.717) is 13.0 Å².